The van der Waals surface area contributed by atoms with Crippen molar-refractivity contribution < 1.29 is 18.1 Å². The number of ether oxygens (including phenoxy) is 1. The van der Waals surface area contributed by atoms with Gasteiger partial charge >= 0.3 is 0 Å². The summed E-state index contributed by atoms with van der Waals surface area (Å²) in [5.41, 5.74) is 0.318. The Bertz CT molecular complexity index is 913. The maximum atomic E-state index is 13.4. The van der Waals surface area contributed by atoms with Gasteiger partial charge in [-0.15, -0.1) is 0 Å². The van der Waals surface area contributed by atoms with E-state index in [0.717, 1.165) is 18.9 Å². The number of nitrogens with zero attached hydrogens (tertiary/aromatic N) is 3. The molecule has 1 saturated carbocycles. The molecule has 0 aliphatic heterocycles. The topological polar surface area (TPSA) is 103 Å². The van der Waals surface area contributed by atoms with E-state index in [4.69, 9.17) is 4.74 Å². The molecule has 9 heteroatoms. The van der Waals surface area contributed by atoms with E-state index in [1.54, 1.807) is 31.3 Å². The van der Waals surface area contributed by atoms with Crippen LogP contribution in [0.4, 0.5) is 5.69 Å². The van der Waals surface area contributed by atoms with Crippen molar-refractivity contribution in [3.8, 4) is 5.75 Å². The summed E-state index contributed by atoms with van der Waals surface area (Å²) in [6, 6.07) is 8.25. The fourth-order valence-electron chi connectivity index (χ4n) is 2.90. The highest BCUT2D eigenvalue weighted by Gasteiger charge is 2.43. The van der Waals surface area contributed by atoms with E-state index in [0.29, 0.717) is 5.69 Å². The molecule has 0 bridgehead atoms. The molecule has 8 nitrogen and oxygen atoms in total. The average molecular weight is 377 g/mol. The molecule has 1 aliphatic rings. The van der Waals surface area contributed by atoms with Crippen LogP contribution < -0.4 is 4.74 Å². The van der Waals surface area contributed by atoms with Gasteiger partial charge in [0.05, 0.1) is 23.8 Å². The van der Waals surface area contributed by atoms with Crippen LogP contribution in [0.2, 0.25) is 0 Å². The van der Waals surface area contributed by atoms with Crippen LogP contribution in [0.3, 0.4) is 0 Å². The lowest BCUT2D eigenvalue weighted by atomic mass is 10.2. The van der Waals surface area contributed by atoms with Gasteiger partial charge in [-0.25, -0.2) is 8.42 Å². The number of methoxy groups -OCH3 is 1. The Morgan fingerprint density at radius 3 is 2.58 bits per heavy atom. The van der Waals surface area contributed by atoms with Gasteiger partial charge in [0.25, 0.3) is 5.69 Å². The number of rotatable bonds is 7. The Labute approximate surface area is 151 Å². The molecule has 2 aromatic rings. The van der Waals surface area contributed by atoms with Crippen molar-refractivity contribution in [1.29, 1.82) is 0 Å². The van der Waals surface area contributed by atoms with Crippen LogP contribution in [-0.2, 0) is 10.0 Å². The van der Waals surface area contributed by atoms with Crippen molar-refractivity contribution in [2.24, 2.45) is 0 Å². The largest absolute Gasteiger partial charge is 0.495 e. The van der Waals surface area contributed by atoms with Crippen molar-refractivity contribution in [2.75, 3.05) is 7.11 Å². The van der Waals surface area contributed by atoms with Crippen LogP contribution in [-0.4, -0.2) is 35.8 Å². The van der Waals surface area contributed by atoms with E-state index in [9.17, 15) is 18.5 Å². The van der Waals surface area contributed by atoms with Gasteiger partial charge in [0.2, 0.25) is 10.0 Å². The van der Waals surface area contributed by atoms with Gasteiger partial charge in [-0.3, -0.25) is 15.1 Å². The first-order valence-corrected chi connectivity index (χ1v) is 9.57. The molecule has 0 spiro atoms. The van der Waals surface area contributed by atoms with E-state index in [1.165, 1.54) is 23.5 Å². The van der Waals surface area contributed by atoms with Gasteiger partial charge in [0, 0.05) is 24.4 Å². The minimum Gasteiger partial charge on any atom is -0.495 e. The number of pyridine rings is 1. The second kappa shape index (κ2) is 7.00. The quantitative estimate of drug-likeness (QED) is 0.543. The molecule has 3 rings (SSSR count). The fraction of sp³-hybridized carbons (Fsp3) is 0.353. The van der Waals surface area contributed by atoms with Crippen LogP contribution in [0.5, 0.6) is 5.75 Å². The predicted molar refractivity (Wildman–Crippen MR) is 94.3 cm³/mol. The number of benzene rings is 1. The minimum atomic E-state index is -4.02. The van der Waals surface area contributed by atoms with Gasteiger partial charge < -0.3 is 4.74 Å². The number of non-ortho nitro benzene ring substituents is 1. The minimum absolute atomic E-state index is 0.0782. The molecule has 0 amide bonds. The van der Waals surface area contributed by atoms with E-state index >= 15 is 0 Å². The van der Waals surface area contributed by atoms with Gasteiger partial charge in [-0.05, 0) is 38.0 Å². The molecule has 0 saturated heterocycles. The Morgan fingerprint density at radius 1 is 1.31 bits per heavy atom. The molecular weight excluding hydrogens is 358 g/mol. The third-order valence-corrected chi connectivity index (χ3v) is 6.36. The summed E-state index contributed by atoms with van der Waals surface area (Å²) in [7, 11) is -2.68. The van der Waals surface area contributed by atoms with Crippen LogP contribution in [0.25, 0.3) is 0 Å². The molecule has 1 aromatic heterocycles. The number of hydrogen-bond donors (Lipinski definition) is 0. The number of nitro benzene ring substituents is 1. The first-order chi connectivity index (χ1) is 12.4. The average Bonchev–Trinajstić information content (AvgIpc) is 3.46. The summed E-state index contributed by atoms with van der Waals surface area (Å²) >= 11 is 0. The summed E-state index contributed by atoms with van der Waals surface area (Å²) in [5, 5.41) is 11.1. The second-order valence-corrected chi connectivity index (χ2v) is 7.90. The number of hydrogen-bond acceptors (Lipinski definition) is 6. The van der Waals surface area contributed by atoms with Crippen molar-refractivity contribution in [3.63, 3.8) is 0 Å². The lowest BCUT2D eigenvalue weighted by Gasteiger charge is -2.28. The SMILES string of the molecule is COc1ccc([N+](=O)[O-])cc1S(=O)(=O)N(C1CC1)[C@@H](C)c1ccccn1. The molecule has 138 valence electrons. The van der Waals surface area contributed by atoms with Gasteiger partial charge in [0.1, 0.15) is 10.6 Å². The van der Waals surface area contributed by atoms with E-state index in [1.807, 2.05) is 0 Å². The Morgan fingerprint density at radius 2 is 2.04 bits per heavy atom. The predicted octanol–water partition coefficient (Wildman–Crippen LogP) is 2.91. The lowest BCUT2D eigenvalue weighted by Crippen LogP contribution is -2.36. The highest BCUT2D eigenvalue weighted by atomic mass is 32.2. The maximum absolute atomic E-state index is 13.4. The third kappa shape index (κ3) is 3.40. The summed E-state index contributed by atoms with van der Waals surface area (Å²) in [6.45, 7) is 1.77. The fourth-order valence-corrected chi connectivity index (χ4v) is 4.93. The standard InChI is InChI=1S/C17H19N3O5S/c1-12(15-5-3-4-10-18-15)19(13-6-7-13)26(23,24)17-11-14(20(21)22)8-9-16(17)25-2/h3-5,8-13H,6-7H2,1-2H3/t12-/m0/s1. The number of nitro groups is 1. The van der Waals surface area contributed by atoms with E-state index < -0.39 is 21.0 Å². The normalized spacial score (nSPS) is 15.7. The second-order valence-electron chi connectivity index (χ2n) is 6.09. The summed E-state index contributed by atoms with van der Waals surface area (Å²) in [4.78, 5) is 14.5. The lowest BCUT2D eigenvalue weighted by molar-refractivity contribution is -0.385. The first kappa shape index (κ1) is 18.3. The highest BCUT2D eigenvalue weighted by molar-refractivity contribution is 7.89. The highest BCUT2D eigenvalue weighted by Crippen LogP contribution is 2.41. The molecule has 26 heavy (non-hydrogen) atoms. The van der Waals surface area contributed by atoms with Crippen LogP contribution in [0.15, 0.2) is 47.5 Å². The first-order valence-electron chi connectivity index (χ1n) is 8.13. The third-order valence-electron chi connectivity index (χ3n) is 4.32. The van der Waals surface area contributed by atoms with Crippen molar-refractivity contribution in [2.45, 2.75) is 36.7 Å². The molecule has 0 N–H and O–H groups in total. The van der Waals surface area contributed by atoms with Crippen molar-refractivity contribution in [3.05, 3.63) is 58.4 Å². The van der Waals surface area contributed by atoms with E-state index in [-0.39, 0.29) is 22.4 Å². The molecule has 1 atom stereocenters. The zero-order valence-electron chi connectivity index (χ0n) is 14.4. The molecule has 1 aromatic carbocycles. The zero-order valence-corrected chi connectivity index (χ0v) is 15.2. The summed E-state index contributed by atoms with van der Waals surface area (Å²) in [5.74, 6) is 0.0782. The molecule has 1 heterocycles. The Balaban J connectivity index is 2.10. The Hall–Kier alpha value is -2.52. The van der Waals surface area contributed by atoms with Crippen LogP contribution in [0.1, 0.15) is 31.5 Å². The van der Waals surface area contributed by atoms with Gasteiger partial charge in [-0.1, -0.05) is 6.07 Å². The maximum Gasteiger partial charge on any atom is 0.271 e. The number of aromatic nitrogens is 1. The molecule has 1 aliphatic carbocycles. The van der Waals surface area contributed by atoms with Crippen molar-refractivity contribution in [1.82, 2.24) is 9.29 Å². The zero-order chi connectivity index (χ0) is 18.9. The van der Waals surface area contributed by atoms with Crippen LogP contribution >= 0.6 is 0 Å². The molecule has 0 radical (unpaired) electrons. The Kier molecular flexibility index (Phi) is 4.92. The van der Waals surface area contributed by atoms with Gasteiger partial charge in [-0.2, -0.15) is 4.31 Å². The molecule has 1 fully saturated rings. The molecular formula is C17H19N3O5S. The van der Waals surface area contributed by atoms with Gasteiger partial charge in [0.15, 0.2) is 0 Å². The van der Waals surface area contributed by atoms with Crippen LogP contribution in [0, 0.1) is 10.1 Å². The van der Waals surface area contributed by atoms with E-state index in [2.05, 4.69) is 4.98 Å². The number of sulfonamides is 1. The summed E-state index contributed by atoms with van der Waals surface area (Å²) < 4.78 is 33.3. The summed E-state index contributed by atoms with van der Waals surface area (Å²) in [6.07, 6.45) is 3.10. The van der Waals surface area contributed by atoms with Crippen molar-refractivity contribution >= 4 is 15.7 Å². The monoisotopic (exact) mass is 377 g/mol. The smallest absolute Gasteiger partial charge is 0.271 e. The molecule has 0 unspecified atom stereocenters.